The van der Waals surface area contributed by atoms with Crippen LogP contribution in [0.5, 0.6) is 5.88 Å². The van der Waals surface area contributed by atoms with Crippen LogP contribution in [0.25, 0.3) is 0 Å². The van der Waals surface area contributed by atoms with E-state index >= 15 is 0 Å². The van der Waals surface area contributed by atoms with Crippen molar-refractivity contribution >= 4 is 0 Å². The maximum Gasteiger partial charge on any atom is 0.213 e. The van der Waals surface area contributed by atoms with Gasteiger partial charge in [0, 0.05) is 18.8 Å². The first-order valence-electron chi connectivity index (χ1n) is 3.75. The van der Waals surface area contributed by atoms with Crippen molar-refractivity contribution < 1.29 is 9.84 Å². The molecule has 0 radical (unpaired) electrons. The molecule has 0 saturated carbocycles. The van der Waals surface area contributed by atoms with Crippen LogP contribution in [0.2, 0.25) is 0 Å². The summed E-state index contributed by atoms with van der Waals surface area (Å²) in [5, 5.41) is 8.48. The summed E-state index contributed by atoms with van der Waals surface area (Å²) in [6, 6.07) is 3.58. The highest BCUT2D eigenvalue weighted by Gasteiger charge is 1.95. The van der Waals surface area contributed by atoms with Gasteiger partial charge in [-0.15, -0.1) is 0 Å². The molecule has 0 aromatic carbocycles. The average molecular weight is 168 g/mol. The lowest BCUT2D eigenvalue weighted by atomic mass is 10.3. The minimum Gasteiger partial charge on any atom is -0.475 e. The zero-order valence-corrected chi connectivity index (χ0v) is 6.73. The lowest BCUT2D eigenvalue weighted by Crippen LogP contribution is -2.04. The van der Waals surface area contributed by atoms with Gasteiger partial charge in [-0.3, -0.25) is 0 Å². The molecule has 0 atom stereocenters. The molecule has 3 N–H and O–H groups in total. The van der Waals surface area contributed by atoms with Crippen LogP contribution in [0.4, 0.5) is 0 Å². The van der Waals surface area contributed by atoms with Gasteiger partial charge < -0.3 is 15.6 Å². The molecule has 0 bridgehead atoms. The molecule has 4 heteroatoms. The number of aliphatic hydroxyl groups is 1. The van der Waals surface area contributed by atoms with E-state index in [-0.39, 0.29) is 13.2 Å². The van der Waals surface area contributed by atoms with Crippen molar-refractivity contribution in [2.45, 2.75) is 6.54 Å². The van der Waals surface area contributed by atoms with Gasteiger partial charge >= 0.3 is 0 Å². The Kier molecular flexibility index (Phi) is 3.50. The Morgan fingerprint density at radius 1 is 1.58 bits per heavy atom. The molecule has 0 unspecified atom stereocenters. The second kappa shape index (κ2) is 4.69. The summed E-state index contributed by atoms with van der Waals surface area (Å²) < 4.78 is 5.08. The van der Waals surface area contributed by atoms with Crippen molar-refractivity contribution in [3.8, 4) is 5.88 Å². The van der Waals surface area contributed by atoms with Crippen molar-refractivity contribution in [3.63, 3.8) is 0 Å². The summed E-state index contributed by atoms with van der Waals surface area (Å²) >= 11 is 0. The van der Waals surface area contributed by atoms with Gasteiger partial charge in [0.05, 0.1) is 6.61 Å². The molecule has 0 aliphatic carbocycles. The van der Waals surface area contributed by atoms with Gasteiger partial charge in [0.25, 0.3) is 0 Å². The molecule has 1 aromatic rings. The van der Waals surface area contributed by atoms with E-state index in [4.69, 9.17) is 15.6 Å². The van der Waals surface area contributed by atoms with Crippen LogP contribution in [-0.4, -0.2) is 23.3 Å². The monoisotopic (exact) mass is 168 g/mol. The summed E-state index contributed by atoms with van der Waals surface area (Å²) in [5.41, 5.74) is 6.38. The second-order valence-electron chi connectivity index (χ2n) is 2.28. The normalized spacial score (nSPS) is 9.83. The zero-order chi connectivity index (χ0) is 8.81. The first-order chi connectivity index (χ1) is 5.86. The van der Waals surface area contributed by atoms with E-state index < -0.39 is 0 Å². The smallest absolute Gasteiger partial charge is 0.213 e. The predicted molar refractivity (Wildman–Crippen MR) is 44.7 cm³/mol. The summed E-state index contributed by atoms with van der Waals surface area (Å²) in [4.78, 5) is 3.94. The number of hydrogen-bond acceptors (Lipinski definition) is 4. The number of nitrogens with two attached hydrogens (primary N) is 1. The van der Waals surface area contributed by atoms with Crippen LogP contribution in [0.15, 0.2) is 18.3 Å². The van der Waals surface area contributed by atoms with E-state index in [0.29, 0.717) is 12.4 Å². The van der Waals surface area contributed by atoms with Crippen LogP contribution >= 0.6 is 0 Å². The van der Waals surface area contributed by atoms with Gasteiger partial charge in [0.2, 0.25) is 5.88 Å². The van der Waals surface area contributed by atoms with E-state index in [9.17, 15) is 0 Å². The summed E-state index contributed by atoms with van der Waals surface area (Å²) in [5.74, 6) is 0.506. The molecule has 0 aliphatic rings. The number of hydrogen-bond donors (Lipinski definition) is 2. The summed E-state index contributed by atoms with van der Waals surface area (Å²) in [6.45, 7) is 0.730. The maximum atomic E-state index is 8.48. The molecule has 1 aromatic heterocycles. The van der Waals surface area contributed by atoms with Crippen LogP contribution in [0.3, 0.4) is 0 Å². The molecular weight excluding hydrogens is 156 g/mol. The van der Waals surface area contributed by atoms with Crippen molar-refractivity contribution in [3.05, 3.63) is 23.9 Å². The van der Waals surface area contributed by atoms with E-state index in [1.54, 1.807) is 12.3 Å². The Hall–Kier alpha value is -1.13. The Balaban J connectivity index is 2.60. The highest BCUT2D eigenvalue weighted by atomic mass is 16.5. The van der Waals surface area contributed by atoms with Gasteiger partial charge in [0.1, 0.15) is 6.61 Å². The molecule has 12 heavy (non-hydrogen) atoms. The Morgan fingerprint density at radius 2 is 2.42 bits per heavy atom. The van der Waals surface area contributed by atoms with Gasteiger partial charge in [-0.05, 0) is 11.6 Å². The van der Waals surface area contributed by atoms with E-state index in [2.05, 4.69) is 4.98 Å². The Labute approximate surface area is 71.0 Å². The minimum atomic E-state index is -0.00542. The van der Waals surface area contributed by atoms with Gasteiger partial charge in [0.15, 0.2) is 0 Å². The Morgan fingerprint density at radius 3 is 3.08 bits per heavy atom. The number of pyridine rings is 1. The number of ether oxygens (including phenoxy) is 1. The number of nitrogens with zero attached hydrogens (tertiary/aromatic N) is 1. The largest absolute Gasteiger partial charge is 0.475 e. The quantitative estimate of drug-likeness (QED) is 0.659. The van der Waals surface area contributed by atoms with Crippen LogP contribution in [0.1, 0.15) is 5.56 Å². The molecule has 4 nitrogen and oxygen atoms in total. The molecule has 0 aliphatic heterocycles. The molecule has 0 saturated heterocycles. The summed E-state index contributed by atoms with van der Waals surface area (Å²) in [7, 11) is 0. The summed E-state index contributed by atoms with van der Waals surface area (Å²) in [6.07, 6.45) is 1.63. The lowest BCUT2D eigenvalue weighted by Gasteiger charge is -2.03. The third kappa shape index (κ3) is 2.48. The molecule has 66 valence electrons. The number of aromatic nitrogens is 1. The van der Waals surface area contributed by atoms with Crippen molar-refractivity contribution in [1.82, 2.24) is 4.98 Å². The van der Waals surface area contributed by atoms with Crippen LogP contribution in [-0.2, 0) is 6.54 Å². The third-order valence-corrected chi connectivity index (χ3v) is 1.38. The minimum absolute atomic E-state index is 0.00542. The van der Waals surface area contributed by atoms with Crippen LogP contribution < -0.4 is 10.5 Å². The topological polar surface area (TPSA) is 68.4 Å². The van der Waals surface area contributed by atoms with Gasteiger partial charge in [-0.2, -0.15) is 0 Å². The Bertz CT molecular complexity index is 240. The second-order valence-corrected chi connectivity index (χ2v) is 2.28. The van der Waals surface area contributed by atoms with E-state index in [0.717, 1.165) is 5.56 Å². The van der Waals surface area contributed by atoms with Crippen molar-refractivity contribution in [2.75, 3.05) is 13.2 Å². The van der Waals surface area contributed by atoms with Crippen LogP contribution in [0, 0.1) is 0 Å². The molecular formula is C8H12N2O2. The fourth-order valence-electron chi connectivity index (χ4n) is 0.807. The SMILES string of the molecule is NCc1ccnc(OCCO)c1. The molecule has 1 rings (SSSR count). The first kappa shape index (κ1) is 8.96. The third-order valence-electron chi connectivity index (χ3n) is 1.38. The van der Waals surface area contributed by atoms with Crippen molar-refractivity contribution in [2.24, 2.45) is 5.73 Å². The number of aliphatic hydroxyl groups excluding tert-OH is 1. The van der Waals surface area contributed by atoms with Crippen molar-refractivity contribution in [1.29, 1.82) is 0 Å². The fraction of sp³-hybridized carbons (Fsp3) is 0.375. The molecule has 0 amide bonds. The highest BCUT2D eigenvalue weighted by Crippen LogP contribution is 2.07. The average Bonchev–Trinajstić information content (AvgIpc) is 2.15. The molecule has 1 heterocycles. The standard InChI is InChI=1S/C8H12N2O2/c9-6-7-1-2-10-8(5-7)12-4-3-11/h1-2,5,11H,3-4,6,9H2. The van der Waals surface area contributed by atoms with Gasteiger partial charge in [-0.1, -0.05) is 0 Å². The maximum absolute atomic E-state index is 8.48. The van der Waals surface area contributed by atoms with E-state index in [1.165, 1.54) is 0 Å². The predicted octanol–water partition coefficient (Wildman–Crippen LogP) is -0.0886. The molecule has 0 fully saturated rings. The first-order valence-corrected chi connectivity index (χ1v) is 3.75. The fourth-order valence-corrected chi connectivity index (χ4v) is 0.807. The zero-order valence-electron chi connectivity index (χ0n) is 6.73. The highest BCUT2D eigenvalue weighted by molar-refractivity contribution is 5.19. The number of rotatable bonds is 4. The lowest BCUT2D eigenvalue weighted by molar-refractivity contribution is 0.196. The molecule has 0 spiro atoms. The van der Waals surface area contributed by atoms with E-state index in [1.807, 2.05) is 6.07 Å². The van der Waals surface area contributed by atoms with Gasteiger partial charge in [-0.25, -0.2) is 4.98 Å².